The lowest BCUT2D eigenvalue weighted by Crippen LogP contribution is -2.41. The van der Waals surface area contributed by atoms with E-state index in [0.29, 0.717) is 22.8 Å². The predicted molar refractivity (Wildman–Crippen MR) is 71.6 cm³/mol. The number of hydrogen-bond donors (Lipinski definition) is 1. The van der Waals surface area contributed by atoms with Gasteiger partial charge >= 0.3 is 5.97 Å². The fourth-order valence-corrected chi connectivity index (χ4v) is 1.72. The Balaban J connectivity index is 2.91. The van der Waals surface area contributed by atoms with Crippen LogP contribution in [0.25, 0.3) is 0 Å². The number of methoxy groups -OCH3 is 2. The van der Waals surface area contributed by atoms with Crippen LogP contribution < -0.4 is 10.1 Å². The highest BCUT2D eigenvalue weighted by Crippen LogP contribution is 2.23. The molecule has 19 heavy (non-hydrogen) atoms. The average molecular weight is 286 g/mol. The van der Waals surface area contributed by atoms with Crippen molar-refractivity contribution >= 4 is 23.5 Å². The molecule has 1 N–H and O–H groups in total. The minimum absolute atomic E-state index is 0.314. The quantitative estimate of drug-likeness (QED) is 0.841. The van der Waals surface area contributed by atoms with Gasteiger partial charge < -0.3 is 14.8 Å². The summed E-state index contributed by atoms with van der Waals surface area (Å²) >= 11 is 5.82. The van der Waals surface area contributed by atoms with Crippen molar-refractivity contribution in [2.24, 2.45) is 0 Å². The first-order chi connectivity index (χ1) is 9.03. The Morgan fingerprint density at radius 3 is 2.58 bits per heavy atom. The summed E-state index contributed by atoms with van der Waals surface area (Å²) in [5.74, 6) is -0.542. The van der Waals surface area contributed by atoms with Crippen LogP contribution in [0, 0.1) is 0 Å². The Morgan fingerprint density at radius 1 is 1.37 bits per heavy atom. The van der Waals surface area contributed by atoms with Gasteiger partial charge in [0.25, 0.3) is 5.91 Å². The highest BCUT2D eigenvalue weighted by Gasteiger charge is 2.21. The number of rotatable bonds is 5. The molecule has 0 saturated carbocycles. The molecule has 0 aromatic heterocycles. The third-order valence-corrected chi connectivity index (χ3v) is 2.84. The zero-order chi connectivity index (χ0) is 14.4. The molecule has 0 aliphatic heterocycles. The van der Waals surface area contributed by atoms with E-state index in [2.05, 4.69) is 10.1 Å². The molecule has 1 aromatic rings. The van der Waals surface area contributed by atoms with Gasteiger partial charge in [-0.25, -0.2) is 4.79 Å². The van der Waals surface area contributed by atoms with Gasteiger partial charge in [0.2, 0.25) is 0 Å². The number of halogens is 1. The van der Waals surface area contributed by atoms with Crippen LogP contribution in [0.2, 0.25) is 5.02 Å². The maximum absolute atomic E-state index is 12.1. The van der Waals surface area contributed by atoms with E-state index in [1.54, 1.807) is 19.1 Å². The number of carbonyl (C=O) groups is 2. The summed E-state index contributed by atoms with van der Waals surface area (Å²) in [6.45, 7) is 1.78. The van der Waals surface area contributed by atoms with E-state index < -0.39 is 17.9 Å². The third-order valence-electron chi connectivity index (χ3n) is 2.61. The van der Waals surface area contributed by atoms with Crippen molar-refractivity contribution in [2.75, 3.05) is 14.2 Å². The van der Waals surface area contributed by atoms with Gasteiger partial charge in [0.05, 0.1) is 19.8 Å². The molecule has 0 saturated heterocycles. The summed E-state index contributed by atoms with van der Waals surface area (Å²) in [7, 11) is 2.72. The molecule has 1 rings (SSSR count). The molecule has 104 valence electrons. The van der Waals surface area contributed by atoms with Crippen LogP contribution in [0.15, 0.2) is 18.2 Å². The molecular formula is C13H16ClNO4. The molecule has 5 nitrogen and oxygen atoms in total. The van der Waals surface area contributed by atoms with Gasteiger partial charge in [-0.3, -0.25) is 4.79 Å². The molecule has 1 atom stereocenters. The molecule has 1 aromatic carbocycles. The van der Waals surface area contributed by atoms with Crippen molar-refractivity contribution < 1.29 is 19.1 Å². The van der Waals surface area contributed by atoms with Gasteiger partial charge in [0.15, 0.2) is 0 Å². The van der Waals surface area contributed by atoms with Gasteiger partial charge in [-0.05, 0) is 24.6 Å². The Labute approximate surface area is 116 Å². The fraction of sp³-hybridized carbons (Fsp3) is 0.385. The molecule has 0 spiro atoms. The number of benzene rings is 1. The topological polar surface area (TPSA) is 64.6 Å². The van der Waals surface area contributed by atoms with Crippen LogP contribution in [-0.4, -0.2) is 32.1 Å². The smallest absolute Gasteiger partial charge is 0.328 e. The maximum atomic E-state index is 12.1. The van der Waals surface area contributed by atoms with Crippen LogP contribution in [-0.2, 0) is 9.53 Å². The van der Waals surface area contributed by atoms with Gasteiger partial charge in [0.1, 0.15) is 11.8 Å². The van der Waals surface area contributed by atoms with Gasteiger partial charge in [0, 0.05) is 5.02 Å². The molecule has 1 amide bonds. The average Bonchev–Trinajstić information content (AvgIpc) is 2.43. The van der Waals surface area contributed by atoms with Crippen LogP contribution in [0.5, 0.6) is 5.75 Å². The van der Waals surface area contributed by atoms with Gasteiger partial charge in [-0.2, -0.15) is 0 Å². The summed E-state index contributed by atoms with van der Waals surface area (Å²) in [5.41, 5.74) is 0.314. The minimum atomic E-state index is -0.683. The Hall–Kier alpha value is -1.75. The second-order valence-corrected chi connectivity index (χ2v) is 4.24. The molecule has 0 heterocycles. The maximum Gasteiger partial charge on any atom is 0.328 e. The molecule has 0 radical (unpaired) electrons. The van der Waals surface area contributed by atoms with Crippen molar-refractivity contribution in [3.05, 3.63) is 28.8 Å². The summed E-state index contributed by atoms with van der Waals surface area (Å²) in [6, 6.07) is 3.98. The van der Waals surface area contributed by atoms with E-state index in [0.717, 1.165) is 0 Å². The largest absolute Gasteiger partial charge is 0.496 e. The van der Waals surface area contributed by atoms with Crippen LogP contribution >= 0.6 is 11.6 Å². The summed E-state index contributed by atoms with van der Waals surface area (Å²) in [6.07, 6.45) is 0.439. The molecule has 0 aliphatic rings. The standard InChI is InChI=1S/C13H16ClNO4/c1-4-10(13(17)19-3)15-12(16)9-6-5-8(14)7-11(9)18-2/h5-7,10H,4H2,1-3H3,(H,15,16). The van der Waals surface area contributed by atoms with E-state index in [1.807, 2.05) is 0 Å². The highest BCUT2D eigenvalue weighted by atomic mass is 35.5. The Morgan fingerprint density at radius 2 is 2.05 bits per heavy atom. The first-order valence-corrected chi connectivity index (χ1v) is 6.13. The Kier molecular flexibility index (Phi) is 5.63. The summed E-state index contributed by atoms with van der Waals surface area (Å²) in [4.78, 5) is 23.5. The summed E-state index contributed by atoms with van der Waals surface area (Å²) < 4.78 is 9.70. The number of esters is 1. The van der Waals surface area contributed by atoms with Crippen molar-refractivity contribution in [1.29, 1.82) is 0 Å². The molecule has 6 heteroatoms. The number of ether oxygens (including phenoxy) is 2. The zero-order valence-corrected chi connectivity index (χ0v) is 11.8. The van der Waals surface area contributed by atoms with Crippen molar-refractivity contribution in [2.45, 2.75) is 19.4 Å². The van der Waals surface area contributed by atoms with Crippen molar-refractivity contribution in [1.82, 2.24) is 5.32 Å². The molecule has 0 aliphatic carbocycles. The predicted octanol–water partition coefficient (Wildman–Crippen LogP) is 2.03. The molecule has 1 unspecified atom stereocenters. The third kappa shape index (κ3) is 3.86. The summed E-state index contributed by atoms with van der Waals surface area (Å²) in [5, 5.41) is 3.06. The first-order valence-electron chi connectivity index (χ1n) is 5.75. The fourth-order valence-electron chi connectivity index (χ4n) is 1.56. The SMILES string of the molecule is CCC(NC(=O)c1ccc(Cl)cc1OC)C(=O)OC. The monoisotopic (exact) mass is 285 g/mol. The van der Waals surface area contributed by atoms with E-state index in [-0.39, 0.29) is 0 Å². The number of carbonyl (C=O) groups excluding carboxylic acids is 2. The molecular weight excluding hydrogens is 270 g/mol. The van der Waals surface area contributed by atoms with Crippen LogP contribution in [0.4, 0.5) is 0 Å². The molecule has 0 fully saturated rings. The van der Waals surface area contributed by atoms with Crippen LogP contribution in [0.3, 0.4) is 0 Å². The number of nitrogens with one attached hydrogen (secondary N) is 1. The first kappa shape index (κ1) is 15.3. The minimum Gasteiger partial charge on any atom is -0.496 e. The lowest BCUT2D eigenvalue weighted by atomic mass is 10.1. The van der Waals surface area contributed by atoms with Gasteiger partial charge in [-0.15, -0.1) is 0 Å². The second-order valence-electron chi connectivity index (χ2n) is 3.80. The van der Waals surface area contributed by atoms with Gasteiger partial charge in [-0.1, -0.05) is 18.5 Å². The van der Waals surface area contributed by atoms with E-state index >= 15 is 0 Å². The van der Waals surface area contributed by atoms with E-state index in [1.165, 1.54) is 20.3 Å². The highest BCUT2D eigenvalue weighted by molar-refractivity contribution is 6.30. The molecule has 0 bridgehead atoms. The Bertz CT molecular complexity index is 476. The van der Waals surface area contributed by atoms with Crippen molar-refractivity contribution in [3.8, 4) is 5.75 Å². The number of hydrogen-bond acceptors (Lipinski definition) is 4. The van der Waals surface area contributed by atoms with E-state index in [9.17, 15) is 9.59 Å². The number of amides is 1. The lowest BCUT2D eigenvalue weighted by molar-refractivity contribution is -0.142. The zero-order valence-electron chi connectivity index (χ0n) is 11.0. The second kappa shape index (κ2) is 6.99. The normalized spacial score (nSPS) is 11.6. The lowest BCUT2D eigenvalue weighted by Gasteiger charge is -2.15. The van der Waals surface area contributed by atoms with Crippen LogP contribution in [0.1, 0.15) is 23.7 Å². The van der Waals surface area contributed by atoms with Crippen molar-refractivity contribution in [3.63, 3.8) is 0 Å². The van der Waals surface area contributed by atoms with E-state index in [4.69, 9.17) is 16.3 Å².